The number of aromatic nitrogens is 1. The van der Waals surface area contributed by atoms with Crippen LogP contribution in [0.2, 0.25) is 0 Å². The van der Waals surface area contributed by atoms with Crippen LogP contribution in [0, 0.1) is 0 Å². The molecule has 0 aliphatic carbocycles. The van der Waals surface area contributed by atoms with E-state index in [0.717, 1.165) is 45.1 Å². The highest BCUT2D eigenvalue weighted by molar-refractivity contribution is 6.06. The summed E-state index contributed by atoms with van der Waals surface area (Å²) in [5, 5.41) is 2.96. The van der Waals surface area contributed by atoms with Crippen LogP contribution < -0.4 is 5.32 Å². The summed E-state index contributed by atoms with van der Waals surface area (Å²) in [5.41, 5.74) is 0. The summed E-state index contributed by atoms with van der Waals surface area (Å²) >= 11 is 0. The topological polar surface area (TPSA) is 68.2 Å². The van der Waals surface area contributed by atoms with Crippen LogP contribution >= 0.6 is 0 Å². The first-order chi connectivity index (χ1) is 12.6. The summed E-state index contributed by atoms with van der Waals surface area (Å²) < 4.78 is 1.86. The maximum absolute atomic E-state index is 12.6. The number of nitrogens with zero attached hydrogens (tertiary/aromatic N) is 2. The first-order valence-electron chi connectivity index (χ1n) is 9.68. The fourth-order valence-corrected chi connectivity index (χ4v) is 4.07. The minimum Gasteiger partial charge on any atom is -0.354 e. The van der Waals surface area contributed by atoms with Crippen molar-refractivity contribution in [2.75, 3.05) is 13.1 Å². The highest BCUT2D eigenvalue weighted by Gasteiger charge is 2.56. The van der Waals surface area contributed by atoms with Gasteiger partial charge in [0.15, 0.2) is 6.04 Å². The molecular weight excluding hydrogens is 330 g/mol. The molecule has 0 saturated carbocycles. The molecule has 0 radical (unpaired) electrons. The number of aryl methyl sites for hydroxylation is 1. The molecule has 1 saturated heterocycles. The molecule has 3 rings (SSSR count). The molecule has 1 aromatic rings. The minimum absolute atomic E-state index is 0.151. The monoisotopic (exact) mass is 358 g/mol. The second kappa shape index (κ2) is 8.45. The van der Waals surface area contributed by atoms with Gasteiger partial charge in [0.2, 0.25) is 0 Å². The van der Waals surface area contributed by atoms with Crippen LogP contribution in [0.3, 0.4) is 0 Å². The normalized spacial score (nSPS) is 21.5. The van der Waals surface area contributed by atoms with Crippen LogP contribution in [0.15, 0.2) is 36.7 Å². The van der Waals surface area contributed by atoms with Gasteiger partial charge < -0.3 is 9.88 Å². The number of carbonyl (C=O) groups is 3. The Kier molecular flexibility index (Phi) is 6.04. The van der Waals surface area contributed by atoms with Crippen molar-refractivity contribution in [2.45, 2.75) is 57.5 Å². The third kappa shape index (κ3) is 3.80. The lowest BCUT2D eigenvalue weighted by Gasteiger charge is -2.38. The van der Waals surface area contributed by atoms with Crippen molar-refractivity contribution in [3.63, 3.8) is 0 Å². The number of piperidine rings is 1. The van der Waals surface area contributed by atoms with Gasteiger partial charge in [-0.05, 0) is 37.8 Å². The quantitative estimate of drug-likeness (QED) is 0.440. The lowest BCUT2D eigenvalue weighted by molar-refractivity contribution is -0.795. The number of rotatable bonds is 8. The Morgan fingerprint density at radius 2 is 1.73 bits per heavy atom. The van der Waals surface area contributed by atoms with E-state index in [-0.39, 0.29) is 22.2 Å². The second-order valence-corrected chi connectivity index (χ2v) is 7.24. The van der Waals surface area contributed by atoms with Crippen molar-refractivity contribution in [2.24, 2.45) is 0 Å². The van der Waals surface area contributed by atoms with E-state index >= 15 is 0 Å². The second-order valence-electron chi connectivity index (χ2n) is 7.24. The van der Waals surface area contributed by atoms with Crippen molar-refractivity contribution >= 4 is 17.7 Å². The molecule has 1 unspecified atom stereocenters. The molecule has 1 N–H and O–H groups in total. The smallest absolute Gasteiger partial charge is 0.347 e. The van der Waals surface area contributed by atoms with Crippen LogP contribution in [0.4, 0.5) is 0 Å². The molecule has 140 valence electrons. The fraction of sp³-hybridized carbons (Fsp3) is 0.550. The Labute approximate surface area is 154 Å². The van der Waals surface area contributed by atoms with E-state index in [1.54, 1.807) is 0 Å². The maximum Gasteiger partial charge on any atom is 0.347 e. The van der Waals surface area contributed by atoms with Crippen molar-refractivity contribution in [3.05, 3.63) is 36.7 Å². The summed E-state index contributed by atoms with van der Waals surface area (Å²) in [6.07, 6.45) is 13.3. The van der Waals surface area contributed by atoms with Gasteiger partial charge >= 0.3 is 11.8 Å². The van der Waals surface area contributed by atoms with E-state index in [1.165, 1.54) is 12.2 Å². The highest BCUT2D eigenvalue weighted by atomic mass is 16.2. The molecule has 3 heterocycles. The van der Waals surface area contributed by atoms with Crippen LogP contribution in [0.1, 0.15) is 44.9 Å². The molecule has 0 bridgehead atoms. The van der Waals surface area contributed by atoms with Gasteiger partial charge in [-0.3, -0.25) is 4.79 Å². The van der Waals surface area contributed by atoms with Crippen LogP contribution in [0.5, 0.6) is 0 Å². The number of carbonyl (C=O) groups excluding carboxylic acids is 3. The Morgan fingerprint density at radius 1 is 1.04 bits per heavy atom. The lowest BCUT2D eigenvalue weighted by Crippen LogP contribution is -2.66. The number of nitrogens with one attached hydrogen (secondary N) is 1. The Hall–Kier alpha value is -2.21. The molecule has 3 amide bonds. The van der Waals surface area contributed by atoms with Gasteiger partial charge in [-0.1, -0.05) is 12.8 Å². The molecule has 1 spiro atoms. The first-order valence-corrected chi connectivity index (χ1v) is 9.68. The lowest BCUT2D eigenvalue weighted by atomic mass is 9.97. The Morgan fingerprint density at radius 3 is 2.46 bits per heavy atom. The number of amides is 3. The summed E-state index contributed by atoms with van der Waals surface area (Å²) in [5.74, 6) is -0.623. The maximum atomic E-state index is 12.6. The minimum atomic E-state index is -0.563. The summed E-state index contributed by atoms with van der Waals surface area (Å²) in [6, 6.07) is 3.50. The largest absolute Gasteiger partial charge is 0.354 e. The van der Waals surface area contributed by atoms with E-state index in [4.69, 9.17) is 0 Å². The Balaban J connectivity index is 1.40. The fourth-order valence-electron chi connectivity index (χ4n) is 4.07. The zero-order valence-corrected chi connectivity index (χ0v) is 15.2. The number of hydrogen-bond acceptors (Lipinski definition) is 3. The van der Waals surface area contributed by atoms with Gasteiger partial charge in [0.25, 0.3) is 5.91 Å². The summed E-state index contributed by atoms with van der Waals surface area (Å²) in [7, 11) is 0. The van der Waals surface area contributed by atoms with Gasteiger partial charge in [0.05, 0.1) is 18.7 Å². The standard InChI is InChI=1S/C20H27N3O3/c24-18-10-11-19(25)23(18)16-8-3-9-17(23)20(26)21-12-4-1-2-5-13-22-14-6-7-15-22/h6-7,10-11,14-15,17H,1-5,8-9,12-13,16H2/p+1. The SMILES string of the molecule is O=C(NCCCCCCn1cccc1)C1CCCC[N+]12C(=O)C=CC2=O. The van der Waals surface area contributed by atoms with Crippen molar-refractivity contribution in [3.8, 4) is 0 Å². The summed E-state index contributed by atoms with van der Waals surface area (Å²) in [4.78, 5) is 37.2. The predicted octanol–water partition coefficient (Wildman–Crippen LogP) is 2.16. The molecule has 2 aliphatic rings. The van der Waals surface area contributed by atoms with Gasteiger partial charge in [0, 0.05) is 31.9 Å². The van der Waals surface area contributed by atoms with E-state index < -0.39 is 6.04 Å². The van der Waals surface area contributed by atoms with Crippen LogP contribution in [0.25, 0.3) is 0 Å². The molecule has 6 nitrogen and oxygen atoms in total. The van der Waals surface area contributed by atoms with Gasteiger partial charge in [-0.2, -0.15) is 4.48 Å². The molecule has 26 heavy (non-hydrogen) atoms. The van der Waals surface area contributed by atoms with Gasteiger partial charge in [-0.25, -0.2) is 9.59 Å². The van der Waals surface area contributed by atoms with Crippen molar-refractivity contribution in [1.82, 2.24) is 9.88 Å². The zero-order valence-electron chi connectivity index (χ0n) is 15.2. The third-order valence-corrected chi connectivity index (χ3v) is 5.54. The molecular formula is C20H28N3O3+. The van der Waals surface area contributed by atoms with Gasteiger partial charge in [-0.15, -0.1) is 0 Å². The molecule has 0 aromatic carbocycles. The van der Waals surface area contributed by atoms with E-state index in [9.17, 15) is 14.4 Å². The molecule has 2 aliphatic heterocycles. The number of unbranched alkanes of at least 4 members (excludes halogenated alkanes) is 3. The number of quaternary nitrogens is 1. The van der Waals surface area contributed by atoms with E-state index in [1.807, 2.05) is 12.1 Å². The molecule has 6 heteroatoms. The van der Waals surface area contributed by atoms with Crippen molar-refractivity contribution < 1.29 is 18.9 Å². The van der Waals surface area contributed by atoms with Crippen molar-refractivity contribution in [1.29, 1.82) is 0 Å². The van der Waals surface area contributed by atoms with E-state index in [0.29, 0.717) is 19.5 Å². The number of hydrogen-bond donors (Lipinski definition) is 1. The molecule has 1 atom stereocenters. The average molecular weight is 358 g/mol. The molecule has 1 fully saturated rings. The van der Waals surface area contributed by atoms with Crippen LogP contribution in [-0.4, -0.2) is 45.9 Å². The molecule has 1 aromatic heterocycles. The first kappa shape index (κ1) is 18.6. The van der Waals surface area contributed by atoms with Gasteiger partial charge in [0.1, 0.15) is 0 Å². The van der Waals surface area contributed by atoms with Crippen LogP contribution in [-0.2, 0) is 20.9 Å². The predicted molar refractivity (Wildman–Crippen MR) is 97.8 cm³/mol. The number of imide groups is 1. The highest BCUT2D eigenvalue weighted by Crippen LogP contribution is 2.31. The summed E-state index contributed by atoms with van der Waals surface area (Å²) in [6.45, 7) is 2.08. The average Bonchev–Trinajstić information content (AvgIpc) is 3.26. The Bertz CT molecular complexity index is 660. The third-order valence-electron chi connectivity index (χ3n) is 5.54. The van der Waals surface area contributed by atoms with E-state index in [2.05, 4.69) is 22.3 Å². The zero-order chi connectivity index (χ0) is 18.4.